The normalized spacial score (nSPS) is 17.3. The van der Waals surface area contributed by atoms with Crippen molar-refractivity contribution in [3.05, 3.63) is 60.2 Å². The fourth-order valence-corrected chi connectivity index (χ4v) is 5.39. The van der Waals surface area contributed by atoms with E-state index >= 15 is 0 Å². The molecule has 0 N–H and O–H groups in total. The summed E-state index contributed by atoms with van der Waals surface area (Å²) in [5, 5.41) is 0. The zero-order chi connectivity index (χ0) is 23.4. The minimum atomic E-state index is -3.61. The first-order chi connectivity index (χ1) is 15.9. The fourth-order valence-electron chi connectivity index (χ4n) is 3.94. The molecule has 2 fully saturated rings. The van der Waals surface area contributed by atoms with E-state index in [1.165, 1.54) is 9.21 Å². The number of nitrogens with zero attached hydrogens (tertiary/aromatic N) is 3. The monoisotopic (exact) mass is 471 g/mol. The van der Waals surface area contributed by atoms with Gasteiger partial charge in [0.05, 0.1) is 10.5 Å². The molecular formula is C23H25N3O6S. The summed E-state index contributed by atoms with van der Waals surface area (Å²) in [5.41, 5.74) is 0.896. The van der Waals surface area contributed by atoms with Gasteiger partial charge in [0.1, 0.15) is 0 Å². The molecule has 0 spiro atoms. The summed E-state index contributed by atoms with van der Waals surface area (Å²) < 4.78 is 32.0. The number of rotatable bonds is 6. The van der Waals surface area contributed by atoms with Crippen LogP contribution < -0.4 is 4.90 Å². The second-order valence-corrected chi connectivity index (χ2v) is 9.81. The Labute approximate surface area is 192 Å². The Hall–Kier alpha value is -3.24. The third kappa shape index (κ3) is 5.07. The molecule has 2 heterocycles. The number of carbonyl (C=O) groups excluding carboxylic acids is 3. The number of ether oxygens (including phenoxy) is 1. The molecule has 2 aliphatic rings. The van der Waals surface area contributed by atoms with Gasteiger partial charge in [0.25, 0.3) is 5.91 Å². The van der Waals surface area contributed by atoms with E-state index in [-0.39, 0.29) is 48.5 Å². The maximum Gasteiger partial charge on any atom is 0.338 e. The van der Waals surface area contributed by atoms with Gasteiger partial charge in [-0.2, -0.15) is 4.31 Å². The van der Waals surface area contributed by atoms with E-state index in [4.69, 9.17) is 4.74 Å². The summed E-state index contributed by atoms with van der Waals surface area (Å²) in [6.07, 6.45) is 1.27. The van der Waals surface area contributed by atoms with Crippen molar-refractivity contribution in [3.8, 4) is 0 Å². The number of sulfonamides is 1. The van der Waals surface area contributed by atoms with Crippen molar-refractivity contribution in [2.45, 2.75) is 17.7 Å². The number of anilines is 1. The van der Waals surface area contributed by atoms with E-state index in [9.17, 15) is 22.8 Å². The van der Waals surface area contributed by atoms with Crippen molar-refractivity contribution in [2.75, 3.05) is 44.2 Å². The molecule has 9 nitrogen and oxygen atoms in total. The zero-order valence-electron chi connectivity index (χ0n) is 18.1. The van der Waals surface area contributed by atoms with Gasteiger partial charge in [-0.3, -0.25) is 9.59 Å². The smallest absolute Gasteiger partial charge is 0.338 e. The van der Waals surface area contributed by atoms with Gasteiger partial charge in [0.2, 0.25) is 15.9 Å². The summed E-state index contributed by atoms with van der Waals surface area (Å²) in [7, 11) is -3.61. The second-order valence-electron chi connectivity index (χ2n) is 7.87. The SMILES string of the molecule is O=C(OCC(=O)N1CCN(S(=O)(=O)c2ccccc2)CC1)c1cccc(N2CCCC2=O)c1. The average Bonchev–Trinajstić information content (AvgIpc) is 3.29. The number of esters is 1. The molecule has 0 bridgehead atoms. The predicted molar refractivity (Wildman–Crippen MR) is 120 cm³/mol. The van der Waals surface area contributed by atoms with Crippen LogP contribution in [0.5, 0.6) is 0 Å². The van der Waals surface area contributed by atoms with E-state index in [1.807, 2.05) is 0 Å². The lowest BCUT2D eigenvalue weighted by Gasteiger charge is -2.33. The number of carbonyl (C=O) groups is 3. The summed E-state index contributed by atoms with van der Waals surface area (Å²) in [6, 6.07) is 14.8. The molecule has 0 radical (unpaired) electrons. The number of piperazine rings is 1. The van der Waals surface area contributed by atoms with Crippen molar-refractivity contribution >= 4 is 33.5 Å². The molecule has 10 heteroatoms. The summed E-state index contributed by atoms with van der Waals surface area (Å²) >= 11 is 0. The Balaban J connectivity index is 1.29. The van der Waals surface area contributed by atoms with Crippen molar-refractivity contribution in [3.63, 3.8) is 0 Å². The van der Waals surface area contributed by atoms with E-state index < -0.39 is 22.6 Å². The molecule has 0 aliphatic carbocycles. The number of benzene rings is 2. The Morgan fingerprint density at radius 2 is 1.64 bits per heavy atom. The van der Waals surface area contributed by atoms with E-state index in [1.54, 1.807) is 59.5 Å². The van der Waals surface area contributed by atoms with Crippen LogP contribution in [-0.2, 0) is 24.3 Å². The highest BCUT2D eigenvalue weighted by Crippen LogP contribution is 2.23. The van der Waals surface area contributed by atoms with Gasteiger partial charge in [0, 0.05) is 44.8 Å². The highest BCUT2D eigenvalue weighted by atomic mass is 32.2. The molecule has 2 aliphatic heterocycles. The number of amides is 2. The Kier molecular flexibility index (Phi) is 6.75. The molecule has 4 rings (SSSR count). The highest BCUT2D eigenvalue weighted by molar-refractivity contribution is 7.89. The van der Waals surface area contributed by atoms with Crippen LogP contribution >= 0.6 is 0 Å². The first-order valence-electron chi connectivity index (χ1n) is 10.8. The number of hydrogen-bond donors (Lipinski definition) is 0. The Morgan fingerprint density at radius 1 is 0.909 bits per heavy atom. The van der Waals surface area contributed by atoms with Crippen molar-refractivity contribution < 1.29 is 27.5 Å². The van der Waals surface area contributed by atoms with E-state index in [0.29, 0.717) is 18.7 Å². The molecular weight excluding hydrogens is 446 g/mol. The van der Waals surface area contributed by atoms with Gasteiger partial charge in [-0.1, -0.05) is 24.3 Å². The summed E-state index contributed by atoms with van der Waals surface area (Å²) in [5.74, 6) is -1.02. The molecule has 174 valence electrons. The third-order valence-electron chi connectivity index (χ3n) is 5.77. The largest absolute Gasteiger partial charge is 0.452 e. The third-order valence-corrected chi connectivity index (χ3v) is 7.68. The molecule has 0 unspecified atom stereocenters. The van der Waals surface area contributed by atoms with Crippen molar-refractivity contribution in [1.82, 2.24) is 9.21 Å². The minimum Gasteiger partial charge on any atom is -0.452 e. The van der Waals surface area contributed by atoms with Crippen LogP contribution in [0.15, 0.2) is 59.5 Å². The van der Waals surface area contributed by atoms with Gasteiger partial charge in [-0.05, 0) is 36.8 Å². The van der Waals surface area contributed by atoms with Crippen LogP contribution in [0.2, 0.25) is 0 Å². The van der Waals surface area contributed by atoms with Gasteiger partial charge >= 0.3 is 5.97 Å². The van der Waals surface area contributed by atoms with E-state index in [2.05, 4.69) is 0 Å². The van der Waals surface area contributed by atoms with Gasteiger partial charge in [-0.15, -0.1) is 0 Å². The molecule has 0 saturated carbocycles. The molecule has 2 aromatic rings. The molecule has 33 heavy (non-hydrogen) atoms. The van der Waals surface area contributed by atoms with Crippen LogP contribution in [0.4, 0.5) is 5.69 Å². The molecule has 2 aromatic carbocycles. The molecule has 0 atom stereocenters. The fraction of sp³-hybridized carbons (Fsp3) is 0.348. The lowest BCUT2D eigenvalue weighted by atomic mass is 10.2. The van der Waals surface area contributed by atoms with Crippen LogP contribution in [0.1, 0.15) is 23.2 Å². The van der Waals surface area contributed by atoms with Crippen molar-refractivity contribution in [1.29, 1.82) is 0 Å². The van der Waals surface area contributed by atoms with Crippen molar-refractivity contribution in [2.24, 2.45) is 0 Å². The topological polar surface area (TPSA) is 104 Å². The van der Waals surface area contributed by atoms with Gasteiger partial charge < -0.3 is 14.5 Å². The van der Waals surface area contributed by atoms with Crippen LogP contribution in [-0.4, -0.2) is 74.7 Å². The van der Waals surface area contributed by atoms with Crippen LogP contribution in [0.3, 0.4) is 0 Å². The molecule has 0 aromatic heterocycles. The standard InChI is InChI=1S/C23H25N3O6S/c27-21-10-5-11-26(21)19-7-4-6-18(16-19)23(29)32-17-22(28)24-12-14-25(15-13-24)33(30,31)20-8-2-1-3-9-20/h1-4,6-9,16H,5,10-15,17H2. The predicted octanol–water partition coefficient (Wildman–Crippen LogP) is 1.50. The van der Waals surface area contributed by atoms with Gasteiger partial charge in [0.15, 0.2) is 6.61 Å². The number of hydrogen-bond acceptors (Lipinski definition) is 6. The van der Waals surface area contributed by atoms with Crippen LogP contribution in [0, 0.1) is 0 Å². The van der Waals surface area contributed by atoms with Gasteiger partial charge in [-0.25, -0.2) is 13.2 Å². The van der Waals surface area contributed by atoms with Crippen LogP contribution in [0.25, 0.3) is 0 Å². The quantitative estimate of drug-likeness (QED) is 0.592. The molecule has 2 saturated heterocycles. The summed E-state index contributed by atoms with van der Waals surface area (Å²) in [6.45, 7) is 0.953. The maximum absolute atomic E-state index is 12.7. The Morgan fingerprint density at radius 3 is 2.30 bits per heavy atom. The minimum absolute atomic E-state index is 0.0177. The lowest BCUT2D eigenvalue weighted by molar-refractivity contribution is -0.135. The average molecular weight is 472 g/mol. The van der Waals surface area contributed by atoms with E-state index in [0.717, 1.165) is 6.42 Å². The lowest BCUT2D eigenvalue weighted by Crippen LogP contribution is -2.51. The maximum atomic E-state index is 12.7. The zero-order valence-corrected chi connectivity index (χ0v) is 18.9. The summed E-state index contributed by atoms with van der Waals surface area (Å²) in [4.78, 5) is 40.2. The second kappa shape index (κ2) is 9.72. The first kappa shape index (κ1) is 22.9. The highest BCUT2D eigenvalue weighted by Gasteiger charge is 2.30. The molecule has 2 amide bonds. The first-order valence-corrected chi connectivity index (χ1v) is 12.2. The Bertz CT molecular complexity index is 1140.